The summed E-state index contributed by atoms with van der Waals surface area (Å²) in [5.74, 6) is 0.805. The topological polar surface area (TPSA) is 67.1 Å². The number of aromatic nitrogens is 2. The summed E-state index contributed by atoms with van der Waals surface area (Å²) in [7, 11) is 2.07. The number of rotatable bonds is 6. The first-order valence-corrected chi connectivity index (χ1v) is 6.82. The van der Waals surface area contributed by atoms with Crippen molar-refractivity contribution in [1.82, 2.24) is 9.97 Å². The maximum atomic E-state index is 5.98. The van der Waals surface area contributed by atoms with Gasteiger partial charge in [0, 0.05) is 25.8 Å². The quantitative estimate of drug-likeness (QED) is 0.801. The summed E-state index contributed by atoms with van der Waals surface area (Å²) < 4.78 is 0. The van der Waals surface area contributed by atoms with Crippen LogP contribution in [-0.4, -0.2) is 30.1 Å². The molecule has 0 bridgehead atoms. The molecule has 3 N–H and O–H groups in total. The molecular weight excluding hydrogens is 274 g/mol. The second-order valence-corrected chi connectivity index (χ2v) is 4.87. The van der Waals surface area contributed by atoms with E-state index in [-0.39, 0.29) is 5.95 Å². The minimum absolute atomic E-state index is 0.221. The number of para-hydroxylation sites is 1. The van der Waals surface area contributed by atoms with Gasteiger partial charge in [0.1, 0.15) is 10.8 Å². The second kappa shape index (κ2) is 6.96. The van der Waals surface area contributed by atoms with E-state index in [1.165, 1.54) is 11.9 Å². The SMILES string of the molecule is CN(CCCNc1nc(N)ncc1Cl)c1ccccc1. The van der Waals surface area contributed by atoms with E-state index in [4.69, 9.17) is 17.3 Å². The first-order chi connectivity index (χ1) is 9.66. The Kier molecular flexibility index (Phi) is 5.01. The van der Waals surface area contributed by atoms with Gasteiger partial charge in [-0.1, -0.05) is 29.8 Å². The molecule has 0 saturated carbocycles. The van der Waals surface area contributed by atoms with Crippen molar-refractivity contribution < 1.29 is 0 Å². The maximum absolute atomic E-state index is 5.98. The number of nitrogens with two attached hydrogens (primary N) is 1. The Morgan fingerprint density at radius 2 is 2.05 bits per heavy atom. The summed E-state index contributed by atoms with van der Waals surface area (Å²) in [4.78, 5) is 10.1. The molecular formula is C14H18ClN5. The molecule has 0 radical (unpaired) electrons. The average molecular weight is 292 g/mol. The van der Waals surface area contributed by atoms with Crippen molar-refractivity contribution in [2.24, 2.45) is 0 Å². The van der Waals surface area contributed by atoms with Gasteiger partial charge in [-0.15, -0.1) is 0 Å². The number of hydrogen-bond acceptors (Lipinski definition) is 5. The summed E-state index contributed by atoms with van der Waals surface area (Å²) in [5, 5.41) is 3.65. The van der Waals surface area contributed by atoms with E-state index in [9.17, 15) is 0 Å². The van der Waals surface area contributed by atoms with Gasteiger partial charge in [-0.2, -0.15) is 4.98 Å². The predicted molar refractivity (Wildman–Crippen MR) is 84.3 cm³/mol. The molecule has 0 atom stereocenters. The van der Waals surface area contributed by atoms with E-state index in [2.05, 4.69) is 39.4 Å². The molecule has 0 spiro atoms. The zero-order valence-electron chi connectivity index (χ0n) is 11.4. The van der Waals surface area contributed by atoms with Crippen LogP contribution in [0.15, 0.2) is 36.5 Å². The molecule has 20 heavy (non-hydrogen) atoms. The molecule has 1 aromatic carbocycles. The van der Waals surface area contributed by atoms with Crippen LogP contribution in [0.2, 0.25) is 5.02 Å². The molecule has 0 amide bonds. The molecule has 106 valence electrons. The Hall–Kier alpha value is -2.01. The van der Waals surface area contributed by atoms with E-state index < -0.39 is 0 Å². The van der Waals surface area contributed by atoms with Crippen molar-refractivity contribution in [3.05, 3.63) is 41.6 Å². The highest BCUT2D eigenvalue weighted by Gasteiger charge is 2.03. The van der Waals surface area contributed by atoms with Crippen LogP contribution in [0.25, 0.3) is 0 Å². The van der Waals surface area contributed by atoms with Crippen molar-refractivity contribution >= 4 is 29.1 Å². The minimum Gasteiger partial charge on any atom is -0.375 e. The molecule has 1 aromatic heterocycles. The molecule has 0 saturated heterocycles. The molecule has 6 heteroatoms. The molecule has 0 unspecified atom stereocenters. The van der Waals surface area contributed by atoms with Crippen molar-refractivity contribution in [3.8, 4) is 0 Å². The fourth-order valence-electron chi connectivity index (χ4n) is 1.84. The van der Waals surface area contributed by atoms with Crippen molar-refractivity contribution in [2.45, 2.75) is 6.42 Å². The monoisotopic (exact) mass is 291 g/mol. The van der Waals surface area contributed by atoms with E-state index in [0.717, 1.165) is 19.5 Å². The highest BCUT2D eigenvalue weighted by molar-refractivity contribution is 6.32. The van der Waals surface area contributed by atoms with Crippen LogP contribution in [-0.2, 0) is 0 Å². The summed E-state index contributed by atoms with van der Waals surface area (Å²) in [6.07, 6.45) is 2.47. The van der Waals surface area contributed by atoms with E-state index >= 15 is 0 Å². The molecule has 1 heterocycles. The first-order valence-electron chi connectivity index (χ1n) is 6.45. The second-order valence-electron chi connectivity index (χ2n) is 4.46. The third-order valence-electron chi connectivity index (χ3n) is 2.92. The molecule has 0 fully saturated rings. The third kappa shape index (κ3) is 3.99. The van der Waals surface area contributed by atoms with Gasteiger partial charge in [-0.05, 0) is 18.6 Å². The van der Waals surface area contributed by atoms with Gasteiger partial charge < -0.3 is 16.0 Å². The van der Waals surface area contributed by atoms with Crippen LogP contribution in [0.3, 0.4) is 0 Å². The highest BCUT2D eigenvalue weighted by Crippen LogP contribution is 2.18. The van der Waals surface area contributed by atoms with Crippen molar-refractivity contribution in [1.29, 1.82) is 0 Å². The minimum atomic E-state index is 0.221. The average Bonchev–Trinajstić information content (AvgIpc) is 2.47. The standard InChI is InChI=1S/C14H18ClN5/c1-20(11-6-3-2-4-7-11)9-5-8-17-13-12(15)10-18-14(16)19-13/h2-4,6-7,10H,5,8-9H2,1H3,(H3,16,17,18,19). The Labute approximate surface area is 123 Å². The van der Waals surface area contributed by atoms with E-state index in [1.54, 1.807) is 0 Å². The van der Waals surface area contributed by atoms with E-state index in [1.807, 2.05) is 18.2 Å². The van der Waals surface area contributed by atoms with Crippen molar-refractivity contribution in [3.63, 3.8) is 0 Å². The fourth-order valence-corrected chi connectivity index (χ4v) is 2.00. The number of nitrogen functional groups attached to an aromatic ring is 1. The number of nitrogens with zero attached hydrogens (tertiary/aromatic N) is 3. The van der Waals surface area contributed by atoms with Gasteiger partial charge in [-0.25, -0.2) is 4.98 Å². The zero-order valence-corrected chi connectivity index (χ0v) is 12.1. The highest BCUT2D eigenvalue weighted by atomic mass is 35.5. The maximum Gasteiger partial charge on any atom is 0.222 e. The van der Waals surface area contributed by atoms with Gasteiger partial charge in [0.25, 0.3) is 0 Å². The lowest BCUT2D eigenvalue weighted by Crippen LogP contribution is -2.21. The van der Waals surface area contributed by atoms with Gasteiger partial charge in [0.15, 0.2) is 0 Å². The normalized spacial score (nSPS) is 10.3. The Balaban J connectivity index is 1.78. The molecule has 2 aromatic rings. The van der Waals surface area contributed by atoms with Crippen LogP contribution in [0, 0.1) is 0 Å². The lowest BCUT2D eigenvalue weighted by Gasteiger charge is -2.19. The first kappa shape index (κ1) is 14.4. The van der Waals surface area contributed by atoms with Gasteiger partial charge in [0.2, 0.25) is 5.95 Å². The lowest BCUT2D eigenvalue weighted by molar-refractivity contribution is 0.814. The summed E-state index contributed by atoms with van der Waals surface area (Å²) in [6.45, 7) is 1.71. The van der Waals surface area contributed by atoms with Crippen LogP contribution in [0.1, 0.15) is 6.42 Å². The number of anilines is 3. The molecule has 0 aliphatic carbocycles. The summed E-state index contributed by atoms with van der Waals surface area (Å²) in [5.41, 5.74) is 6.73. The Bertz CT molecular complexity index is 547. The molecule has 0 aliphatic heterocycles. The van der Waals surface area contributed by atoms with Gasteiger partial charge in [-0.3, -0.25) is 0 Å². The predicted octanol–water partition coefficient (Wildman–Crippen LogP) is 2.65. The third-order valence-corrected chi connectivity index (χ3v) is 3.20. The largest absolute Gasteiger partial charge is 0.375 e. The Morgan fingerprint density at radius 1 is 1.30 bits per heavy atom. The lowest BCUT2D eigenvalue weighted by atomic mass is 10.3. The number of nitrogens with one attached hydrogen (secondary N) is 1. The Morgan fingerprint density at radius 3 is 2.80 bits per heavy atom. The molecule has 0 aliphatic rings. The van der Waals surface area contributed by atoms with Crippen LogP contribution in [0.5, 0.6) is 0 Å². The zero-order chi connectivity index (χ0) is 14.4. The van der Waals surface area contributed by atoms with Gasteiger partial charge >= 0.3 is 0 Å². The molecule has 2 rings (SSSR count). The van der Waals surface area contributed by atoms with Gasteiger partial charge in [0.05, 0.1) is 6.20 Å². The smallest absolute Gasteiger partial charge is 0.222 e. The summed E-state index contributed by atoms with van der Waals surface area (Å²) in [6, 6.07) is 10.3. The van der Waals surface area contributed by atoms with Crippen LogP contribution < -0.4 is 16.0 Å². The van der Waals surface area contributed by atoms with E-state index in [0.29, 0.717) is 10.8 Å². The number of benzene rings is 1. The van der Waals surface area contributed by atoms with Crippen molar-refractivity contribution in [2.75, 3.05) is 36.1 Å². The number of hydrogen-bond donors (Lipinski definition) is 2. The summed E-state index contributed by atoms with van der Waals surface area (Å²) >= 11 is 5.98. The molecule has 5 nitrogen and oxygen atoms in total. The van der Waals surface area contributed by atoms with Crippen LogP contribution >= 0.6 is 11.6 Å². The number of halogens is 1. The van der Waals surface area contributed by atoms with Crippen LogP contribution in [0.4, 0.5) is 17.5 Å². The fraction of sp³-hybridized carbons (Fsp3) is 0.286.